The Hall–Kier alpha value is -1.29. The normalized spacial score (nSPS) is 10.6. The van der Waals surface area contributed by atoms with Crippen LogP contribution < -0.4 is 5.43 Å². The minimum absolute atomic E-state index is 0.182. The topological polar surface area (TPSA) is 50.2 Å². The zero-order chi connectivity index (χ0) is 7.84. The molecule has 0 aliphatic heterocycles. The maximum atomic E-state index is 11.1. The SMILES string of the molecule is O=c1cc(Cl)[nH]n2ccnc12. The molecule has 1 N–H and O–H groups in total. The molecule has 0 amide bonds. The summed E-state index contributed by atoms with van der Waals surface area (Å²) in [7, 11) is 0. The average molecular weight is 170 g/mol. The fourth-order valence-electron chi connectivity index (χ4n) is 0.903. The van der Waals surface area contributed by atoms with Crippen molar-refractivity contribution in [3.05, 3.63) is 33.8 Å². The van der Waals surface area contributed by atoms with Crippen molar-refractivity contribution in [3.8, 4) is 0 Å². The van der Waals surface area contributed by atoms with Gasteiger partial charge in [0.05, 0.1) is 0 Å². The molecular weight excluding hydrogens is 166 g/mol. The minimum Gasteiger partial charge on any atom is -0.286 e. The van der Waals surface area contributed by atoms with Gasteiger partial charge in [0.2, 0.25) is 5.43 Å². The minimum atomic E-state index is -0.182. The summed E-state index contributed by atoms with van der Waals surface area (Å²) in [4.78, 5) is 14.9. The van der Waals surface area contributed by atoms with Gasteiger partial charge in [0, 0.05) is 18.5 Å². The summed E-state index contributed by atoms with van der Waals surface area (Å²) in [6, 6.07) is 1.30. The molecule has 0 saturated carbocycles. The molecule has 0 unspecified atom stereocenters. The van der Waals surface area contributed by atoms with Gasteiger partial charge in [-0.1, -0.05) is 11.6 Å². The van der Waals surface area contributed by atoms with Crippen LogP contribution in [0, 0.1) is 0 Å². The third-order valence-corrected chi connectivity index (χ3v) is 1.54. The molecule has 4 nitrogen and oxygen atoms in total. The number of nitrogens with zero attached hydrogens (tertiary/aromatic N) is 2. The number of hydrogen-bond donors (Lipinski definition) is 1. The third-order valence-electron chi connectivity index (χ3n) is 1.35. The van der Waals surface area contributed by atoms with Gasteiger partial charge < -0.3 is 0 Å². The van der Waals surface area contributed by atoms with E-state index in [1.165, 1.54) is 16.8 Å². The first-order valence-electron chi connectivity index (χ1n) is 2.99. The van der Waals surface area contributed by atoms with E-state index in [0.29, 0.717) is 10.8 Å². The van der Waals surface area contributed by atoms with Gasteiger partial charge in [0.15, 0.2) is 5.65 Å². The summed E-state index contributed by atoms with van der Waals surface area (Å²) in [6.07, 6.45) is 3.16. The molecule has 2 aromatic rings. The molecular formula is C6H4ClN3O. The quantitative estimate of drug-likeness (QED) is 0.631. The molecule has 5 heteroatoms. The van der Waals surface area contributed by atoms with E-state index in [1.807, 2.05) is 0 Å². The molecule has 2 aromatic heterocycles. The number of rotatable bonds is 0. The Labute approximate surface area is 66.4 Å². The highest BCUT2D eigenvalue weighted by Crippen LogP contribution is 1.99. The predicted octanol–water partition coefficient (Wildman–Crippen LogP) is 0.676. The lowest BCUT2D eigenvalue weighted by molar-refractivity contribution is 0.929. The molecule has 0 aromatic carbocycles. The van der Waals surface area contributed by atoms with Crippen LogP contribution in [-0.4, -0.2) is 14.6 Å². The number of aromatic nitrogens is 3. The number of halogens is 1. The second-order valence-electron chi connectivity index (χ2n) is 2.09. The van der Waals surface area contributed by atoms with E-state index in [4.69, 9.17) is 11.6 Å². The first kappa shape index (κ1) is 6.42. The van der Waals surface area contributed by atoms with Crippen molar-refractivity contribution in [1.29, 1.82) is 0 Å². The highest BCUT2D eigenvalue weighted by molar-refractivity contribution is 6.29. The zero-order valence-corrected chi connectivity index (χ0v) is 6.17. The van der Waals surface area contributed by atoms with E-state index in [1.54, 1.807) is 6.20 Å². The number of H-pyrrole nitrogens is 1. The smallest absolute Gasteiger partial charge is 0.226 e. The molecule has 2 heterocycles. The maximum absolute atomic E-state index is 11.1. The largest absolute Gasteiger partial charge is 0.286 e. The number of fused-ring (bicyclic) bond motifs is 1. The Balaban J connectivity index is 3.02. The number of aromatic amines is 1. The Morgan fingerprint density at radius 3 is 3.27 bits per heavy atom. The van der Waals surface area contributed by atoms with Gasteiger partial charge >= 0.3 is 0 Å². The molecule has 0 radical (unpaired) electrons. The van der Waals surface area contributed by atoms with Crippen molar-refractivity contribution in [3.63, 3.8) is 0 Å². The van der Waals surface area contributed by atoms with Gasteiger partial charge in [-0.2, -0.15) is 0 Å². The lowest BCUT2D eigenvalue weighted by Crippen LogP contribution is -2.06. The predicted molar refractivity (Wildman–Crippen MR) is 40.8 cm³/mol. The van der Waals surface area contributed by atoms with Crippen LogP contribution in [0.25, 0.3) is 5.65 Å². The van der Waals surface area contributed by atoms with Gasteiger partial charge in [-0.3, -0.25) is 9.89 Å². The van der Waals surface area contributed by atoms with Crippen LogP contribution in [0.15, 0.2) is 23.3 Å². The van der Waals surface area contributed by atoms with E-state index in [0.717, 1.165) is 0 Å². The standard InChI is InChI=1S/C6H4ClN3O/c7-5-3-4(11)6-8-1-2-10(6)9-5/h1-3,9H. The van der Waals surface area contributed by atoms with Crippen LogP contribution in [0.2, 0.25) is 5.15 Å². The second kappa shape index (κ2) is 2.10. The fourth-order valence-corrected chi connectivity index (χ4v) is 1.09. The first-order valence-corrected chi connectivity index (χ1v) is 3.37. The Kier molecular flexibility index (Phi) is 1.22. The zero-order valence-electron chi connectivity index (χ0n) is 5.41. The van der Waals surface area contributed by atoms with Crippen molar-refractivity contribution in [1.82, 2.24) is 14.6 Å². The van der Waals surface area contributed by atoms with E-state index in [9.17, 15) is 4.79 Å². The molecule has 0 atom stereocenters. The summed E-state index contributed by atoms with van der Waals surface area (Å²) in [5, 5.41) is 3.04. The molecule has 11 heavy (non-hydrogen) atoms. The van der Waals surface area contributed by atoms with Gasteiger partial charge in [0.25, 0.3) is 0 Å². The van der Waals surface area contributed by atoms with Gasteiger partial charge in [-0.25, -0.2) is 9.50 Å². The third kappa shape index (κ3) is 0.914. The van der Waals surface area contributed by atoms with Crippen LogP contribution >= 0.6 is 11.6 Å². The average Bonchev–Trinajstić information content (AvgIpc) is 2.34. The highest BCUT2D eigenvalue weighted by Gasteiger charge is 1.98. The van der Waals surface area contributed by atoms with Crippen LogP contribution in [0.1, 0.15) is 0 Å². The van der Waals surface area contributed by atoms with Crippen molar-refractivity contribution in [2.24, 2.45) is 0 Å². The van der Waals surface area contributed by atoms with E-state index in [-0.39, 0.29) is 5.43 Å². The Morgan fingerprint density at radius 2 is 2.45 bits per heavy atom. The molecule has 0 aliphatic rings. The number of hydrogen-bond acceptors (Lipinski definition) is 2. The molecule has 0 saturated heterocycles. The monoisotopic (exact) mass is 169 g/mol. The van der Waals surface area contributed by atoms with Crippen LogP contribution in [0.4, 0.5) is 0 Å². The molecule has 2 rings (SSSR count). The first-order chi connectivity index (χ1) is 5.27. The number of imidazole rings is 1. The second-order valence-corrected chi connectivity index (χ2v) is 2.50. The lowest BCUT2D eigenvalue weighted by atomic mass is 10.5. The van der Waals surface area contributed by atoms with E-state index >= 15 is 0 Å². The molecule has 0 aliphatic carbocycles. The fraction of sp³-hybridized carbons (Fsp3) is 0. The Morgan fingerprint density at radius 1 is 1.64 bits per heavy atom. The van der Waals surface area contributed by atoms with E-state index < -0.39 is 0 Å². The van der Waals surface area contributed by atoms with Crippen LogP contribution in [-0.2, 0) is 0 Å². The van der Waals surface area contributed by atoms with E-state index in [2.05, 4.69) is 10.1 Å². The lowest BCUT2D eigenvalue weighted by Gasteiger charge is -1.92. The molecule has 0 fully saturated rings. The number of nitrogens with one attached hydrogen (secondary N) is 1. The van der Waals surface area contributed by atoms with Crippen molar-refractivity contribution in [2.75, 3.05) is 0 Å². The summed E-state index contributed by atoms with van der Waals surface area (Å²) in [5.41, 5.74) is 0.174. The van der Waals surface area contributed by atoms with Crippen molar-refractivity contribution in [2.45, 2.75) is 0 Å². The summed E-state index contributed by atoms with van der Waals surface area (Å²) < 4.78 is 1.48. The highest BCUT2D eigenvalue weighted by atomic mass is 35.5. The summed E-state index contributed by atoms with van der Waals surface area (Å²) in [5.74, 6) is 0. The summed E-state index contributed by atoms with van der Waals surface area (Å²) in [6.45, 7) is 0. The van der Waals surface area contributed by atoms with Crippen LogP contribution in [0.3, 0.4) is 0 Å². The molecule has 0 spiro atoms. The van der Waals surface area contributed by atoms with Crippen molar-refractivity contribution >= 4 is 17.2 Å². The Bertz CT molecular complexity index is 444. The summed E-state index contributed by atoms with van der Waals surface area (Å²) >= 11 is 5.58. The van der Waals surface area contributed by atoms with Gasteiger partial charge in [0.1, 0.15) is 5.15 Å². The van der Waals surface area contributed by atoms with Crippen molar-refractivity contribution < 1.29 is 0 Å². The van der Waals surface area contributed by atoms with Crippen LogP contribution in [0.5, 0.6) is 0 Å². The molecule has 0 bridgehead atoms. The van der Waals surface area contributed by atoms with Gasteiger partial charge in [-0.05, 0) is 0 Å². The van der Waals surface area contributed by atoms with Gasteiger partial charge in [-0.15, -0.1) is 0 Å². The molecule has 56 valence electrons. The maximum Gasteiger partial charge on any atom is 0.226 e.